The van der Waals surface area contributed by atoms with Crippen molar-refractivity contribution in [3.63, 3.8) is 0 Å². The number of carbonyl (C=O) groups excluding carboxylic acids is 1. The molecule has 0 aliphatic rings. The molecule has 0 atom stereocenters. The van der Waals surface area contributed by atoms with E-state index in [0.717, 1.165) is 0 Å². The van der Waals surface area contributed by atoms with Crippen molar-refractivity contribution in [1.29, 1.82) is 0 Å². The van der Waals surface area contributed by atoms with Crippen LogP contribution in [0.15, 0.2) is 42.6 Å². The van der Waals surface area contributed by atoms with Crippen LogP contribution in [0.4, 0.5) is 0 Å². The Morgan fingerprint density at radius 1 is 1.10 bits per heavy atom. The summed E-state index contributed by atoms with van der Waals surface area (Å²) in [6, 6.07) is 10.0. The fourth-order valence-electron chi connectivity index (χ4n) is 1.63. The molecule has 0 bridgehead atoms. The van der Waals surface area contributed by atoms with E-state index < -0.39 is 5.97 Å². The van der Waals surface area contributed by atoms with Crippen molar-refractivity contribution >= 4 is 11.8 Å². The molecule has 0 amide bonds. The van der Waals surface area contributed by atoms with E-state index in [1.807, 2.05) is 0 Å². The zero-order chi connectivity index (χ0) is 14.5. The van der Waals surface area contributed by atoms with Crippen LogP contribution in [0.25, 0.3) is 0 Å². The van der Waals surface area contributed by atoms with Crippen molar-refractivity contribution in [2.24, 2.45) is 0 Å². The van der Waals surface area contributed by atoms with Gasteiger partial charge < -0.3 is 9.84 Å². The molecule has 20 heavy (non-hydrogen) atoms. The maximum absolute atomic E-state index is 11.1. The van der Waals surface area contributed by atoms with E-state index in [2.05, 4.69) is 4.98 Å². The molecule has 0 fully saturated rings. The lowest BCUT2D eigenvalue weighted by molar-refractivity contribution is -0.136. The lowest BCUT2D eigenvalue weighted by Crippen LogP contribution is -1.99. The van der Waals surface area contributed by atoms with Gasteiger partial charge in [0.1, 0.15) is 17.2 Å². The summed E-state index contributed by atoms with van der Waals surface area (Å²) in [4.78, 5) is 25.6. The second-order valence-electron chi connectivity index (χ2n) is 4.25. The van der Waals surface area contributed by atoms with Crippen LogP contribution in [0.3, 0.4) is 0 Å². The van der Waals surface area contributed by atoms with Gasteiger partial charge >= 0.3 is 5.97 Å². The van der Waals surface area contributed by atoms with E-state index >= 15 is 0 Å². The number of pyridine rings is 1. The van der Waals surface area contributed by atoms with Gasteiger partial charge in [-0.05, 0) is 29.8 Å². The zero-order valence-electron chi connectivity index (χ0n) is 10.9. The predicted octanol–water partition coefficient (Wildman–Crippen LogP) is 2.70. The van der Waals surface area contributed by atoms with Crippen LogP contribution in [0, 0.1) is 0 Å². The van der Waals surface area contributed by atoms with E-state index in [-0.39, 0.29) is 12.2 Å². The number of nitrogens with zero attached hydrogens (tertiary/aromatic N) is 1. The summed E-state index contributed by atoms with van der Waals surface area (Å²) in [6.45, 7) is 1.45. The maximum atomic E-state index is 11.1. The highest BCUT2D eigenvalue weighted by Gasteiger charge is 2.04. The van der Waals surface area contributed by atoms with Gasteiger partial charge in [0.15, 0.2) is 5.78 Å². The van der Waals surface area contributed by atoms with Crippen molar-refractivity contribution in [1.82, 2.24) is 4.98 Å². The number of ketones is 1. The summed E-state index contributed by atoms with van der Waals surface area (Å²) in [5.41, 5.74) is 1.09. The van der Waals surface area contributed by atoms with Crippen LogP contribution < -0.4 is 4.74 Å². The average Bonchev–Trinajstić information content (AvgIpc) is 2.41. The number of hydrogen-bond donors (Lipinski definition) is 1. The van der Waals surface area contributed by atoms with Gasteiger partial charge in [0.25, 0.3) is 0 Å². The number of carboxylic acid groups (broad SMARTS) is 1. The second kappa shape index (κ2) is 5.97. The number of carbonyl (C=O) groups is 2. The third kappa shape index (κ3) is 3.65. The van der Waals surface area contributed by atoms with Gasteiger partial charge in [-0.3, -0.25) is 9.59 Å². The number of Topliss-reactive ketones (excluding diaryl/α,β-unsaturated/α-hetero) is 1. The zero-order valence-corrected chi connectivity index (χ0v) is 10.9. The minimum absolute atomic E-state index is 0.0187. The molecule has 1 aromatic heterocycles. The predicted molar refractivity (Wildman–Crippen MR) is 72.1 cm³/mol. The monoisotopic (exact) mass is 271 g/mol. The highest BCUT2D eigenvalue weighted by atomic mass is 16.5. The molecule has 2 rings (SSSR count). The highest BCUT2D eigenvalue weighted by molar-refractivity contribution is 5.92. The summed E-state index contributed by atoms with van der Waals surface area (Å²) in [7, 11) is 0. The topological polar surface area (TPSA) is 76.5 Å². The van der Waals surface area contributed by atoms with Gasteiger partial charge in [-0.1, -0.05) is 12.1 Å². The maximum Gasteiger partial charge on any atom is 0.307 e. The third-order valence-electron chi connectivity index (χ3n) is 2.61. The molecule has 0 unspecified atom stereocenters. The van der Waals surface area contributed by atoms with Gasteiger partial charge in [-0.15, -0.1) is 0 Å². The smallest absolute Gasteiger partial charge is 0.307 e. The standard InChI is InChI=1S/C15H13NO4/c1-10(17)14-7-6-13(9-16-14)20-12-4-2-11(3-5-12)8-15(18)19/h2-7,9H,8H2,1H3,(H,18,19). The van der Waals surface area contributed by atoms with Gasteiger partial charge in [0.05, 0.1) is 12.6 Å². The molecule has 0 spiro atoms. The summed E-state index contributed by atoms with van der Waals surface area (Å²) in [5.74, 6) is 0.120. The first-order valence-corrected chi connectivity index (χ1v) is 6.00. The largest absolute Gasteiger partial charge is 0.481 e. The Balaban J connectivity index is 2.06. The van der Waals surface area contributed by atoms with Crippen LogP contribution in [0.2, 0.25) is 0 Å². The van der Waals surface area contributed by atoms with Crippen LogP contribution >= 0.6 is 0 Å². The number of rotatable bonds is 5. The third-order valence-corrected chi connectivity index (χ3v) is 2.61. The number of aliphatic carboxylic acids is 1. The van der Waals surface area contributed by atoms with E-state index in [9.17, 15) is 9.59 Å². The first-order chi connectivity index (χ1) is 9.54. The van der Waals surface area contributed by atoms with Crippen molar-refractivity contribution < 1.29 is 19.4 Å². The van der Waals surface area contributed by atoms with Crippen molar-refractivity contribution in [3.8, 4) is 11.5 Å². The molecule has 1 aromatic carbocycles. The van der Waals surface area contributed by atoms with Gasteiger partial charge in [0.2, 0.25) is 0 Å². The minimum atomic E-state index is -0.873. The summed E-state index contributed by atoms with van der Waals surface area (Å²) < 4.78 is 5.55. The van der Waals surface area contributed by atoms with E-state index in [4.69, 9.17) is 9.84 Å². The highest BCUT2D eigenvalue weighted by Crippen LogP contribution is 2.21. The Kier molecular flexibility index (Phi) is 4.10. The molecular weight excluding hydrogens is 258 g/mol. The number of carboxylic acids is 1. The number of aromatic nitrogens is 1. The van der Waals surface area contributed by atoms with Crippen LogP contribution in [0.1, 0.15) is 23.0 Å². The molecule has 2 aromatic rings. The molecule has 5 heteroatoms. The normalized spacial score (nSPS) is 10.1. The number of hydrogen-bond acceptors (Lipinski definition) is 4. The van der Waals surface area contributed by atoms with Gasteiger partial charge in [-0.25, -0.2) is 4.98 Å². The Labute approximate surface area is 115 Å². The first-order valence-electron chi connectivity index (χ1n) is 6.00. The summed E-state index contributed by atoms with van der Waals surface area (Å²) >= 11 is 0. The SMILES string of the molecule is CC(=O)c1ccc(Oc2ccc(CC(=O)O)cc2)cn1. The van der Waals surface area contributed by atoms with Crippen LogP contribution in [0.5, 0.6) is 11.5 Å². The van der Waals surface area contributed by atoms with Gasteiger partial charge in [-0.2, -0.15) is 0 Å². The summed E-state index contributed by atoms with van der Waals surface area (Å²) in [5, 5.41) is 8.68. The van der Waals surface area contributed by atoms with Crippen molar-refractivity contribution in [2.45, 2.75) is 13.3 Å². The quantitative estimate of drug-likeness (QED) is 0.846. The fraction of sp³-hybridized carbons (Fsp3) is 0.133. The Bertz CT molecular complexity index is 617. The summed E-state index contributed by atoms with van der Waals surface area (Å²) in [6.07, 6.45) is 1.46. The van der Waals surface area contributed by atoms with Crippen molar-refractivity contribution in [2.75, 3.05) is 0 Å². The van der Waals surface area contributed by atoms with Crippen LogP contribution in [-0.2, 0) is 11.2 Å². The van der Waals surface area contributed by atoms with Crippen molar-refractivity contribution in [3.05, 3.63) is 53.9 Å². The minimum Gasteiger partial charge on any atom is -0.481 e. The van der Waals surface area contributed by atoms with E-state index in [1.165, 1.54) is 13.1 Å². The average molecular weight is 271 g/mol. The molecule has 0 aliphatic carbocycles. The Hall–Kier alpha value is -2.69. The Morgan fingerprint density at radius 3 is 2.25 bits per heavy atom. The lowest BCUT2D eigenvalue weighted by Gasteiger charge is -2.06. The van der Waals surface area contributed by atoms with E-state index in [1.54, 1.807) is 36.4 Å². The van der Waals surface area contributed by atoms with E-state index in [0.29, 0.717) is 22.8 Å². The number of benzene rings is 1. The molecule has 1 N–H and O–H groups in total. The fourth-order valence-corrected chi connectivity index (χ4v) is 1.63. The molecule has 0 radical (unpaired) electrons. The number of ether oxygens (including phenoxy) is 1. The molecule has 0 saturated carbocycles. The molecular formula is C15H13NO4. The second-order valence-corrected chi connectivity index (χ2v) is 4.25. The Morgan fingerprint density at radius 2 is 1.75 bits per heavy atom. The molecule has 0 saturated heterocycles. The molecule has 5 nitrogen and oxygen atoms in total. The molecule has 102 valence electrons. The molecule has 1 heterocycles. The first kappa shape index (κ1) is 13.7. The lowest BCUT2D eigenvalue weighted by atomic mass is 10.1. The molecule has 0 aliphatic heterocycles. The van der Waals surface area contributed by atoms with Gasteiger partial charge in [0, 0.05) is 6.92 Å². The van der Waals surface area contributed by atoms with Crippen LogP contribution in [-0.4, -0.2) is 21.8 Å².